The van der Waals surface area contributed by atoms with Crippen molar-refractivity contribution in [2.45, 2.75) is 30.1 Å². The Hall–Kier alpha value is -2.42. The predicted molar refractivity (Wildman–Crippen MR) is 81.9 cm³/mol. The topological polar surface area (TPSA) is 43.4 Å². The first-order valence-corrected chi connectivity index (χ1v) is 8.12. The zero-order chi connectivity index (χ0) is 15.4. The lowest BCUT2D eigenvalue weighted by Crippen LogP contribution is -2.63. The van der Waals surface area contributed by atoms with Gasteiger partial charge in [-0.05, 0) is 28.7 Å². The van der Waals surface area contributed by atoms with Crippen LogP contribution in [0.3, 0.4) is 0 Å². The molecule has 0 amide bonds. The van der Waals surface area contributed by atoms with Crippen LogP contribution >= 0.6 is 0 Å². The molecule has 0 bridgehead atoms. The molecule has 0 N–H and O–H groups in total. The summed E-state index contributed by atoms with van der Waals surface area (Å²) in [5.41, 5.74) is 4.70. The van der Waals surface area contributed by atoms with Crippen LogP contribution in [0.1, 0.15) is 46.9 Å². The maximum atomic E-state index is 12.5. The lowest BCUT2D eigenvalue weighted by atomic mass is 9.36. The molecule has 2 aromatic carbocycles. The van der Waals surface area contributed by atoms with Gasteiger partial charge in [-0.2, -0.15) is 0 Å². The first-order chi connectivity index (χ1) is 11.2. The molecular formula is C20H14O3. The molecular weight excluding hydrogens is 288 g/mol. The van der Waals surface area contributed by atoms with Crippen molar-refractivity contribution in [3.05, 3.63) is 70.8 Å². The first-order valence-electron chi connectivity index (χ1n) is 8.12. The number of cyclic esters (lactones) is 2. The van der Waals surface area contributed by atoms with Gasteiger partial charge in [-0.25, -0.2) is 0 Å². The highest BCUT2D eigenvalue weighted by atomic mass is 16.6. The molecule has 3 aliphatic carbocycles. The largest absolute Gasteiger partial charge is 0.393 e. The summed E-state index contributed by atoms with van der Waals surface area (Å²) in [6.45, 7) is 0. The lowest BCUT2D eigenvalue weighted by molar-refractivity contribution is -0.162. The Morgan fingerprint density at radius 3 is 2.35 bits per heavy atom. The summed E-state index contributed by atoms with van der Waals surface area (Å²) >= 11 is 0. The highest BCUT2D eigenvalue weighted by Crippen LogP contribution is 2.82. The van der Waals surface area contributed by atoms with E-state index in [1.807, 2.05) is 6.07 Å². The van der Waals surface area contributed by atoms with Crippen LogP contribution in [0.25, 0.3) is 0 Å². The van der Waals surface area contributed by atoms with Gasteiger partial charge in [0.05, 0.1) is 11.8 Å². The Morgan fingerprint density at radius 1 is 0.913 bits per heavy atom. The summed E-state index contributed by atoms with van der Waals surface area (Å²) in [4.78, 5) is 24.3. The summed E-state index contributed by atoms with van der Waals surface area (Å²) in [6.07, 6.45) is 0.979. The first kappa shape index (κ1) is 12.1. The van der Waals surface area contributed by atoms with Crippen molar-refractivity contribution >= 4 is 11.9 Å². The molecule has 2 spiro atoms. The summed E-state index contributed by atoms with van der Waals surface area (Å²) in [7, 11) is 0. The summed E-state index contributed by atoms with van der Waals surface area (Å²) in [6, 6.07) is 17.0. The molecule has 23 heavy (non-hydrogen) atoms. The highest BCUT2D eigenvalue weighted by molar-refractivity contribution is 6.00. The Kier molecular flexibility index (Phi) is 1.78. The average molecular weight is 302 g/mol. The average Bonchev–Trinajstić information content (AvgIpc) is 2.92. The molecule has 1 heterocycles. The normalized spacial score (nSPS) is 38.1. The number of fused-ring (bicyclic) bond motifs is 6. The SMILES string of the molecule is O=C1CC2(CC34c5ccccc5C3c3ccccc3C24)C(=O)O1. The number of hydrogen-bond donors (Lipinski definition) is 0. The fourth-order valence-corrected chi connectivity index (χ4v) is 6.12. The van der Waals surface area contributed by atoms with Crippen LogP contribution in [0.5, 0.6) is 0 Å². The third-order valence-corrected chi connectivity index (χ3v) is 6.65. The van der Waals surface area contributed by atoms with Gasteiger partial charge in [0.25, 0.3) is 0 Å². The number of ether oxygens (including phenoxy) is 1. The van der Waals surface area contributed by atoms with Crippen LogP contribution in [0.2, 0.25) is 0 Å². The van der Waals surface area contributed by atoms with E-state index in [4.69, 9.17) is 4.74 Å². The standard InChI is InChI=1S/C20H14O3/c21-15-9-19(18(22)23-15)10-20-14-8-4-3-7-13(14)16(20)11-5-1-2-6-12(11)17(19)20/h1-8,16-17H,9-10H2. The van der Waals surface area contributed by atoms with Crippen molar-refractivity contribution in [3.8, 4) is 0 Å². The van der Waals surface area contributed by atoms with Crippen molar-refractivity contribution in [1.82, 2.24) is 0 Å². The van der Waals surface area contributed by atoms with E-state index in [1.54, 1.807) is 0 Å². The second kappa shape index (κ2) is 3.40. The Balaban J connectivity index is 1.63. The second-order valence-electron chi connectivity index (χ2n) is 7.39. The van der Waals surface area contributed by atoms with Crippen LogP contribution < -0.4 is 0 Å². The molecule has 4 aliphatic rings. The van der Waals surface area contributed by atoms with Crippen LogP contribution in [-0.4, -0.2) is 11.9 Å². The monoisotopic (exact) mass is 302 g/mol. The van der Waals surface area contributed by atoms with Crippen molar-refractivity contribution in [2.75, 3.05) is 0 Å². The van der Waals surface area contributed by atoms with Gasteiger partial charge in [0.15, 0.2) is 0 Å². The Morgan fingerprint density at radius 2 is 1.61 bits per heavy atom. The van der Waals surface area contributed by atoms with Gasteiger partial charge in [-0.1, -0.05) is 48.5 Å². The van der Waals surface area contributed by atoms with Crippen LogP contribution in [0, 0.1) is 5.41 Å². The van der Waals surface area contributed by atoms with E-state index in [0.29, 0.717) is 5.92 Å². The van der Waals surface area contributed by atoms with Gasteiger partial charge >= 0.3 is 11.9 Å². The van der Waals surface area contributed by atoms with E-state index in [0.717, 1.165) is 6.42 Å². The number of carbonyl (C=O) groups is 2. The number of esters is 2. The van der Waals surface area contributed by atoms with Crippen molar-refractivity contribution in [1.29, 1.82) is 0 Å². The van der Waals surface area contributed by atoms with Gasteiger partial charge in [0.2, 0.25) is 0 Å². The molecule has 2 fully saturated rings. The van der Waals surface area contributed by atoms with E-state index >= 15 is 0 Å². The van der Waals surface area contributed by atoms with Crippen LogP contribution in [0.15, 0.2) is 48.5 Å². The van der Waals surface area contributed by atoms with Crippen LogP contribution in [-0.2, 0) is 19.7 Å². The fourth-order valence-electron chi connectivity index (χ4n) is 6.12. The zero-order valence-corrected chi connectivity index (χ0v) is 12.4. The van der Waals surface area contributed by atoms with Gasteiger partial charge in [0, 0.05) is 17.3 Å². The summed E-state index contributed by atoms with van der Waals surface area (Å²) in [5.74, 6) is -0.213. The van der Waals surface area contributed by atoms with Gasteiger partial charge in [-0.3, -0.25) is 9.59 Å². The molecule has 1 saturated carbocycles. The quantitative estimate of drug-likeness (QED) is 0.555. The number of carbonyl (C=O) groups excluding carboxylic acids is 2. The smallest absolute Gasteiger partial charge is 0.321 e. The minimum Gasteiger partial charge on any atom is -0.393 e. The fraction of sp³-hybridized carbons (Fsp3) is 0.300. The maximum Gasteiger partial charge on any atom is 0.321 e. The van der Waals surface area contributed by atoms with E-state index in [1.165, 1.54) is 22.3 Å². The molecule has 112 valence electrons. The van der Waals surface area contributed by atoms with Crippen molar-refractivity contribution in [2.24, 2.45) is 5.41 Å². The molecule has 6 rings (SSSR count). The molecule has 0 radical (unpaired) electrons. The van der Waals surface area contributed by atoms with E-state index < -0.39 is 5.41 Å². The number of benzene rings is 2. The molecule has 1 aliphatic heterocycles. The summed E-state index contributed by atoms with van der Waals surface area (Å²) < 4.78 is 4.96. The number of rotatable bonds is 0. The zero-order valence-electron chi connectivity index (χ0n) is 12.4. The Labute approximate surface area is 133 Å². The minimum atomic E-state index is -0.629. The van der Waals surface area contributed by atoms with E-state index in [-0.39, 0.29) is 29.7 Å². The van der Waals surface area contributed by atoms with Crippen LogP contribution in [0.4, 0.5) is 0 Å². The molecule has 4 unspecified atom stereocenters. The maximum absolute atomic E-state index is 12.5. The van der Waals surface area contributed by atoms with Crippen molar-refractivity contribution < 1.29 is 14.3 Å². The predicted octanol–water partition coefficient (Wildman–Crippen LogP) is 3.03. The number of hydrogen-bond acceptors (Lipinski definition) is 3. The van der Waals surface area contributed by atoms with Gasteiger partial charge in [-0.15, -0.1) is 0 Å². The highest BCUT2D eigenvalue weighted by Gasteiger charge is 2.79. The van der Waals surface area contributed by atoms with Crippen molar-refractivity contribution in [3.63, 3.8) is 0 Å². The van der Waals surface area contributed by atoms with Gasteiger partial charge < -0.3 is 4.74 Å². The molecule has 3 heteroatoms. The lowest BCUT2D eigenvalue weighted by Gasteiger charge is -2.64. The third kappa shape index (κ3) is 1.03. The van der Waals surface area contributed by atoms with E-state index in [9.17, 15) is 9.59 Å². The molecule has 4 atom stereocenters. The van der Waals surface area contributed by atoms with Gasteiger partial charge in [0.1, 0.15) is 0 Å². The Bertz CT molecular complexity index is 930. The molecule has 1 saturated heterocycles. The van der Waals surface area contributed by atoms with E-state index in [2.05, 4.69) is 42.5 Å². The molecule has 0 aromatic heterocycles. The second-order valence-corrected chi connectivity index (χ2v) is 7.39. The molecule has 3 nitrogen and oxygen atoms in total. The third-order valence-electron chi connectivity index (χ3n) is 6.65. The minimum absolute atomic E-state index is 0.00389. The summed E-state index contributed by atoms with van der Waals surface area (Å²) in [5, 5.41) is 0. The molecule has 2 aromatic rings.